The largest absolute Gasteiger partial charge is 0.354 e. The zero-order valence-corrected chi connectivity index (χ0v) is 21.6. The number of unbranched alkanes of at least 4 members (excludes halogenated alkanes) is 4. The van der Waals surface area contributed by atoms with E-state index in [1.807, 2.05) is 41.2 Å². The van der Waals surface area contributed by atoms with Crippen LogP contribution in [0.1, 0.15) is 71.5 Å². The molecule has 188 valence electrons. The lowest BCUT2D eigenvalue weighted by molar-refractivity contribution is -0.131. The molecule has 7 heteroatoms. The molecule has 3 heterocycles. The maximum Gasteiger partial charge on any atom is 0.222 e. The van der Waals surface area contributed by atoms with Crippen molar-refractivity contribution in [3.63, 3.8) is 0 Å². The average Bonchev–Trinajstić information content (AvgIpc) is 3.12. The van der Waals surface area contributed by atoms with Crippen molar-refractivity contribution in [2.24, 2.45) is 5.92 Å². The van der Waals surface area contributed by atoms with Gasteiger partial charge >= 0.3 is 0 Å². The van der Waals surface area contributed by atoms with Gasteiger partial charge in [-0.3, -0.25) is 4.79 Å². The van der Waals surface area contributed by atoms with E-state index in [1.54, 1.807) is 0 Å². The summed E-state index contributed by atoms with van der Waals surface area (Å²) in [5.41, 5.74) is 1.84. The van der Waals surface area contributed by atoms with E-state index in [2.05, 4.69) is 35.7 Å². The molecule has 0 bridgehead atoms. The van der Waals surface area contributed by atoms with Crippen molar-refractivity contribution >= 4 is 22.8 Å². The van der Waals surface area contributed by atoms with Crippen LogP contribution in [0.25, 0.3) is 16.7 Å². The molecule has 0 N–H and O–H groups in total. The van der Waals surface area contributed by atoms with Gasteiger partial charge in [-0.2, -0.15) is 5.10 Å². The summed E-state index contributed by atoms with van der Waals surface area (Å²) in [6, 6.07) is 10.1. The zero-order chi connectivity index (χ0) is 24.6. The van der Waals surface area contributed by atoms with E-state index in [1.165, 1.54) is 19.3 Å². The average molecular weight is 477 g/mol. The number of carbonyl (C=O) groups excluding carboxylic acids is 1. The van der Waals surface area contributed by atoms with Crippen LogP contribution in [0.15, 0.2) is 36.5 Å². The fourth-order valence-electron chi connectivity index (χ4n) is 4.81. The Morgan fingerprint density at radius 1 is 0.971 bits per heavy atom. The van der Waals surface area contributed by atoms with E-state index in [9.17, 15) is 4.79 Å². The van der Waals surface area contributed by atoms with Crippen molar-refractivity contribution in [1.82, 2.24) is 24.6 Å². The topological polar surface area (TPSA) is 67.2 Å². The molecule has 0 saturated carbocycles. The number of anilines is 1. The fourth-order valence-corrected chi connectivity index (χ4v) is 4.81. The summed E-state index contributed by atoms with van der Waals surface area (Å²) in [7, 11) is 0. The molecule has 4 rings (SSSR count). The molecule has 7 nitrogen and oxygen atoms in total. The van der Waals surface area contributed by atoms with Crippen molar-refractivity contribution in [1.29, 1.82) is 0 Å². The summed E-state index contributed by atoms with van der Waals surface area (Å²) in [5, 5.41) is 5.66. The molecule has 1 aromatic carbocycles. The van der Waals surface area contributed by atoms with Crippen LogP contribution < -0.4 is 4.90 Å². The van der Waals surface area contributed by atoms with Gasteiger partial charge < -0.3 is 9.80 Å². The second kappa shape index (κ2) is 12.1. The van der Waals surface area contributed by atoms with Crippen molar-refractivity contribution in [3.05, 3.63) is 42.4 Å². The summed E-state index contributed by atoms with van der Waals surface area (Å²) in [6.07, 6.45) is 10.2. The first-order valence-corrected chi connectivity index (χ1v) is 13.4. The third-order valence-corrected chi connectivity index (χ3v) is 6.69. The van der Waals surface area contributed by atoms with E-state index in [-0.39, 0.29) is 0 Å². The normalized spacial score (nSPS) is 14.6. The highest BCUT2D eigenvalue weighted by molar-refractivity contribution is 5.88. The van der Waals surface area contributed by atoms with Crippen LogP contribution in [0.5, 0.6) is 0 Å². The molecule has 3 aromatic rings. The number of carbonyl (C=O) groups is 1. The van der Waals surface area contributed by atoms with Crippen LogP contribution in [0.3, 0.4) is 0 Å². The summed E-state index contributed by atoms with van der Waals surface area (Å²) in [5.74, 6) is 2.56. The molecule has 0 aliphatic carbocycles. The quantitative estimate of drug-likeness (QED) is 0.366. The van der Waals surface area contributed by atoms with Gasteiger partial charge in [-0.1, -0.05) is 64.7 Å². The molecule has 1 fully saturated rings. The van der Waals surface area contributed by atoms with Crippen molar-refractivity contribution < 1.29 is 4.79 Å². The van der Waals surface area contributed by atoms with Gasteiger partial charge in [0.1, 0.15) is 11.6 Å². The molecule has 0 unspecified atom stereocenters. The number of nitrogens with zero attached hydrogens (tertiary/aromatic N) is 6. The van der Waals surface area contributed by atoms with E-state index in [4.69, 9.17) is 9.97 Å². The third-order valence-electron chi connectivity index (χ3n) is 6.69. The molecule has 1 saturated heterocycles. The molecule has 0 spiro atoms. The van der Waals surface area contributed by atoms with E-state index in [0.29, 0.717) is 18.2 Å². The SMILES string of the molecule is CCCCCCCC(=O)N1CCCN(c2nc(CC(C)C)nc3c2cnn3-c2ccccc2)CC1. The van der Waals surface area contributed by atoms with Gasteiger partial charge in [0, 0.05) is 39.0 Å². The van der Waals surface area contributed by atoms with Crippen LogP contribution >= 0.6 is 0 Å². The lowest BCUT2D eigenvalue weighted by atomic mass is 10.1. The van der Waals surface area contributed by atoms with E-state index >= 15 is 0 Å². The lowest BCUT2D eigenvalue weighted by Gasteiger charge is -2.24. The second-order valence-corrected chi connectivity index (χ2v) is 10.1. The second-order valence-electron chi connectivity index (χ2n) is 10.1. The summed E-state index contributed by atoms with van der Waals surface area (Å²) in [6.45, 7) is 9.83. The monoisotopic (exact) mass is 476 g/mol. The zero-order valence-electron chi connectivity index (χ0n) is 21.6. The molecular formula is C28H40N6O. The van der Waals surface area contributed by atoms with Gasteiger partial charge in [-0.15, -0.1) is 0 Å². The van der Waals surface area contributed by atoms with Crippen LogP contribution in [0.2, 0.25) is 0 Å². The third kappa shape index (κ3) is 6.38. The predicted octanol–water partition coefficient (Wildman–Crippen LogP) is 5.41. The summed E-state index contributed by atoms with van der Waals surface area (Å²) in [4.78, 5) is 27.2. The van der Waals surface area contributed by atoms with E-state index < -0.39 is 0 Å². The Balaban J connectivity index is 1.53. The summed E-state index contributed by atoms with van der Waals surface area (Å²) >= 11 is 0. The minimum Gasteiger partial charge on any atom is -0.354 e. The Morgan fingerprint density at radius 3 is 2.54 bits per heavy atom. The van der Waals surface area contributed by atoms with Crippen LogP contribution in [0.4, 0.5) is 5.82 Å². The van der Waals surface area contributed by atoms with Crippen molar-refractivity contribution in [2.75, 3.05) is 31.1 Å². The first-order chi connectivity index (χ1) is 17.1. The van der Waals surface area contributed by atoms with Crippen LogP contribution in [-0.4, -0.2) is 56.7 Å². The van der Waals surface area contributed by atoms with Gasteiger partial charge in [-0.05, 0) is 30.9 Å². The standard InChI is InChI=1S/C28H40N6O/c1-4-5-6-7-11-15-26(35)32-16-12-17-33(19-18-32)27-24-21-29-34(23-13-9-8-10-14-23)28(24)31-25(30-27)20-22(2)3/h8-10,13-14,21-22H,4-7,11-12,15-20H2,1-3H3. The molecule has 1 amide bonds. The van der Waals surface area contributed by atoms with Gasteiger partial charge in [0.15, 0.2) is 5.65 Å². The molecule has 0 radical (unpaired) electrons. The van der Waals surface area contributed by atoms with Gasteiger partial charge in [0.2, 0.25) is 5.91 Å². The minimum atomic E-state index is 0.300. The number of para-hydroxylation sites is 1. The van der Waals surface area contributed by atoms with Gasteiger partial charge in [0.25, 0.3) is 0 Å². The smallest absolute Gasteiger partial charge is 0.222 e. The highest BCUT2D eigenvalue weighted by atomic mass is 16.2. The molecule has 0 atom stereocenters. The molecule has 2 aromatic heterocycles. The Hall–Kier alpha value is -2.96. The maximum atomic E-state index is 12.8. The maximum absolute atomic E-state index is 12.8. The summed E-state index contributed by atoms with van der Waals surface area (Å²) < 4.78 is 1.91. The Kier molecular flexibility index (Phi) is 8.72. The fraction of sp³-hybridized carbons (Fsp3) is 0.571. The van der Waals surface area contributed by atoms with Crippen LogP contribution in [-0.2, 0) is 11.2 Å². The van der Waals surface area contributed by atoms with Crippen molar-refractivity contribution in [2.45, 2.75) is 72.1 Å². The Bertz CT molecular complexity index is 1090. The highest BCUT2D eigenvalue weighted by Crippen LogP contribution is 2.27. The first-order valence-electron chi connectivity index (χ1n) is 13.4. The Labute approximate surface area is 209 Å². The lowest BCUT2D eigenvalue weighted by Crippen LogP contribution is -2.35. The van der Waals surface area contributed by atoms with Gasteiger partial charge in [0.05, 0.1) is 17.3 Å². The highest BCUT2D eigenvalue weighted by Gasteiger charge is 2.23. The number of rotatable bonds is 10. The Morgan fingerprint density at radius 2 is 1.77 bits per heavy atom. The van der Waals surface area contributed by atoms with E-state index in [0.717, 1.165) is 80.2 Å². The first kappa shape index (κ1) is 25.1. The van der Waals surface area contributed by atoms with Crippen molar-refractivity contribution in [3.8, 4) is 5.69 Å². The molecule has 1 aliphatic rings. The number of aromatic nitrogens is 4. The number of hydrogen-bond acceptors (Lipinski definition) is 5. The number of amides is 1. The predicted molar refractivity (Wildman–Crippen MR) is 142 cm³/mol. The number of fused-ring (bicyclic) bond motifs is 1. The van der Waals surface area contributed by atoms with Crippen LogP contribution in [0, 0.1) is 5.92 Å². The number of benzene rings is 1. The molecule has 1 aliphatic heterocycles. The minimum absolute atomic E-state index is 0.300. The molecular weight excluding hydrogens is 436 g/mol. The number of hydrogen-bond donors (Lipinski definition) is 0. The van der Waals surface area contributed by atoms with Gasteiger partial charge in [-0.25, -0.2) is 14.6 Å². The molecule has 35 heavy (non-hydrogen) atoms.